The minimum absolute atomic E-state index is 0.110. The number of nitrogens with one attached hydrogen (secondary N) is 1. The van der Waals surface area contributed by atoms with Crippen LogP contribution in [0.4, 0.5) is 0 Å². The Morgan fingerprint density at radius 3 is 2.89 bits per heavy atom. The largest absolute Gasteiger partial charge is 0.464 e. The molecule has 0 aliphatic heterocycles. The van der Waals surface area contributed by atoms with E-state index in [1.54, 1.807) is 13.2 Å². The molecule has 0 aromatic carbocycles. The van der Waals surface area contributed by atoms with Crippen LogP contribution in [0.5, 0.6) is 0 Å². The van der Waals surface area contributed by atoms with Crippen LogP contribution in [0.25, 0.3) is 0 Å². The van der Waals surface area contributed by atoms with Crippen LogP contribution >= 0.6 is 11.3 Å². The molecule has 18 heavy (non-hydrogen) atoms. The predicted molar refractivity (Wildman–Crippen MR) is 69.8 cm³/mol. The number of hydrogen-bond donors (Lipinski definition) is 1. The fourth-order valence-corrected chi connectivity index (χ4v) is 2.27. The van der Waals surface area contributed by atoms with Crippen LogP contribution in [0.3, 0.4) is 0 Å². The molecule has 0 saturated carbocycles. The van der Waals surface area contributed by atoms with Crippen molar-refractivity contribution in [2.75, 3.05) is 13.7 Å². The van der Waals surface area contributed by atoms with Gasteiger partial charge in [-0.2, -0.15) is 0 Å². The predicted octanol–water partition coefficient (Wildman–Crippen LogP) is 2.77. The highest BCUT2D eigenvalue weighted by atomic mass is 32.1. The quantitative estimate of drug-likeness (QED) is 0.904. The number of amides is 1. The lowest BCUT2D eigenvalue weighted by atomic mass is 10.2. The van der Waals surface area contributed by atoms with Gasteiger partial charge in [0.15, 0.2) is 0 Å². The Bertz CT molecular complexity index is 504. The van der Waals surface area contributed by atoms with E-state index >= 15 is 0 Å². The molecule has 2 aromatic heterocycles. The average Bonchev–Trinajstić information content (AvgIpc) is 2.98. The van der Waals surface area contributed by atoms with E-state index in [0.717, 1.165) is 5.76 Å². The van der Waals surface area contributed by atoms with Crippen molar-refractivity contribution in [3.63, 3.8) is 0 Å². The van der Waals surface area contributed by atoms with E-state index in [1.807, 2.05) is 30.5 Å². The van der Waals surface area contributed by atoms with E-state index < -0.39 is 0 Å². The number of ether oxygens (including phenoxy) is 1. The summed E-state index contributed by atoms with van der Waals surface area (Å²) < 4.78 is 10.6. The van der Waals surface area contributed by atoms with Crippen molar-refractivity contribution in [3.05, 3.63) is 46.0 Å². The normalized spacial score (nSPS) is 12.3. The molecule has 4 nitrogen and oxygen atoms in total. The van der Waals surface area contributed by atoms with Crippen molar-refractivity contribution in [1.82, 2.24) is 5.32 Å². The van der Waals surface area contributed by atoms with E-state index in [-0.39, 0.29) is 11.9 Å². The van der Waals surface area contributed by atoms with Gasteiger partial charge < -0.3 is 14.5 Å². The van der Waals surface area contributed by atoms with Gasteiger partial charge in [0, 0.05) is 7.11 Å². The highest BCUT2D eigenvalue weighted by Gasteiger charge is 2.19. The van der Waals surface area contributed by atoms with E-state index in [4.69, 9.17) is 9.15 Å². The molecular weight excluding hydrogens is 250 g/mol. The maximum absolute atomic E-state index is 12.0. The smallest absolute Gasteiger partial charge is 0.262 e. The zero-order valence-corrected chi connectivity index (χ0v) is 11.1. The third-order valence-corrected chi connectivity index (χ3v) is 3.36. The minimum atomic E-state index is -0.265. The van der Waals surface area contributed by atoms with Gasteiger partial charge in [-0.15, -0.1) is 11.3 Å². The van der Waals surface area contributed by atoms with Gasteiger partial charge in [0.2, 0.25) is 0 Å². The second-order valence-corrected chi connectivity index (χ2v) is 4.85. The van der Waals surface area contributed by atoms with Crippen molar-refractivity contribution in [2.24, 2.45) is 0 Å². The molecule has 1 atom stereocenters. The number of thiophene rings is 1. The van der Waals surface area contributed by atoms with Gasteiger partial charge in [-0.1, -0.05) is 6.07 Å². The fourth-order valence-electron chi connectivity index (χ4n) is 1.64. The summed E-state index contributed by atoms with van der Waals surface area (Å²) in [5.74, 6) is 1.41. The highest BCUT2D eigenvalue weighted by molar-refractivity contribution is 7.12. The first-order valence-electron chi connectivity index (χ1n) is 5.60. The van der Waals surface area contributed by atoms with Crippen LogP contribution in [-0.4, -0.2) is 19.6 Å². The molecule has 0 bridgehead atoms. The Labute approximate surface area is 110 Å². The number of rotatable bonds is 5. The molecule has 0 saturated heterocycles. The van der Waals surface area contributed by atoms with Crippen molar-refractivity contribution in [3.8, 4) is 0 Å². The van der Waals surface area contributed by atoms with Crippen molar-refractivity contribution in [1.29, 1.82) is 0 Å². The third kappa shape index (κ3) is 3.00. The Hall–Kier alpha value is -1.59. The summed E-state index contributed by atoms with van der Waals surface area (Å²) in [4.78, 5) is 12.7. The molecule has 5 heteroatoms. The summed E-state index contributed by atoms with van der Waals surface area (Å²) in [6, 6.07) is 7.10. The Kier molecular flexibility index (Phi) is 4.17. The van der Waals surface area contributed by atoms with E-state index in [2.05, 4.69) is 5.32 Å². The zero-order valence-electron chi connectivity index (χ0n) is 10.3. The number of hydrogen-bond acceptors (Lipinski definition) is 4. The Morgan fingerprint density at radius 1 is 1.50 bits per heavy atom. The third-order valence-electron chi connectivity index (χ3n) is 2.49. The molecule has 1 N–H and O–H groups in total. The molecule has 2 heterocycles. The fraction of sp³-hybridized carbons (Fsp3) is 0.308. The lowest BCUT2D eigenvalue weighted by molar-refractivity contribution is 0.0886. The molecule has 0 spiro atoms. The van der Waals surface area contributed by atoms with Gasteiger partial charge in [-0.3, -0.25) is 4.79 Å². The number of carbonyl (C=O) groups excluding carboxylic acids is 1. The first-order valence-corrected chi connectivity index (χ1v) is 6.48. The van der Waals surface area contributed by atoms with Crippen LogP contribution in [-0.2, 0) is 4.74 Å². The van der Waals surface area contributed by atoms with Crippen LogP contribution in [0.2, 0.25) is 0 Å². The maximum Gasteiger partial charge on any atom is 0.262 e. The van der Waals surface area contributed by atoms with Crippen LogP contribution in [0, 0.1) is 6.92 Å². The molecule has 0 radical (unpaired) electrons. The SMILES string of the molecule is COC[C@H](NC(=O)c1cccs1)c1ccc(C)o1. The van der Waals surface area contributed by atoms with E-state index in [0.29, 0.717) is 17.2 Å². The second-order valence-electron chi connectivity index (χ2n) is 3.91. The van der Waals surface area contributed by atoms with Crippen molar-refractivity contribution < 1.29 is 13.9 Å². The lowest BCUT2D eigenvalue weighted by Crippen LogP contribution is -2.30. The van der Waals surface area contributed by atoms with Gasteiger partial charge in [0.1, 0.15) is 17.6 Å². The van der Waals surface area contributed by atoms with Crippen LogP contribution in [0.1, 0.15) is 27.2 Å². The number of furan rings is 1. The molecule has 96 valence electrons. The van der Waals surface area contributed by atoms with Crippen LogP contribution < -0.4 is 5.32 Å². The van der Waals surface area contributed by atoms with Gasteiger partial charge in [-0.05, 0) is 30.5 Å². The van der Waals surface area contributed by atoms with Crippen LogP contribution in [0.15, 0.2) is 34.1 Å². The Morgan fingerprint density at radius 2 is 2.33 bits per heavy atom. The van der Waals surface area contributed by atoms with E-state index in [1.165, 1.54) is 11.3 Å². The summed E-state index contributed by atoms with van der Waals surface area (Å²) in [5, 5.41) is 4.77. The van der Waals surface area contributed by atoms with Gasteiger partial charge >= 0.3 is 0 Å². The van der Waals surface area contributed by atoms with Gasteiger partial charge in [0.25, 0.3) is 5.91 Å². The molecule has 2 aromatic rings. The monoisotopic (exact) mass is 265 g/mol. The lowest BCUT2D eigenvalue weighted by Gasteiger charge is -2.15. The van der Waals surface area contributed by atoms with E-state index in [9.17, 15) is 4.79 Å². The standard InChI is InChI=1S/C13H15NO3S/c1-9-5-6-11(17-9)10(8-16-2)14-13(15)12-4-3-7-18-12/h3-7,10H,8H2,1-2H3,(H,14,15)/t10-/m0/s1. The first kappa shape index (κ1) is 12.9. The summed E-state index contributed by atoms with van der Waals surface area (Å²) in [7, 11) is 1.60. The Balaban J connectivity index is 2.09. The minimum Gasteiger partial charge on any atom is -0.464 e. The first-order chi connectivity index (χ1) is 8.70. The summed E-state index contributed by atoms with van der Waals surface area (Å²) in [6.07, 6.45) is 0. The molecule has 0 fully saturated rings. The molecule has 0 aliphatic rings. The van der Waals surface area contributed by atoms with Gasteiger partial charge in [-0.25, -0.2) is 0 Å². The van der Waals surface area contributed by atoms with Crippen molar-refractivity contribution in [2.45, 2.75) is 13.0 Å². The second kappa shape index (κ2) is 5.84. The summed E-state index contributed by atoms with van der Waals surface area (Å²) in [5.41, 5.74) is 0. The van der Waals surface area contributed by atoms with Crippen molar-refractivity contribution >= 4 is 17.2 Å². The van der Waals surface area contributed by atoms with Gasteiger partial charge in [0.05, 0.1) is 11.5 Å². The maximum atomic E-state index is 12.0. The number of carbonyl (C=O) groups is 1. The molecule has 0 unspecified atom stereocenters. The highest BCUT2D eigenvalue weighted by Crippen LogP contribution is 2.18. The molecule has 1 amide bonds. The number of aryl methyl sites for hydroxylation is 1. The number of methoxy groups -OCH3 is 1. The summed E-state index contributed by atoms with van der Waals surface area (Å²) >= 11 is 1.41. The summed E-state index contributed by atoms with van der Waals surface area (Å²) in [6.45, 7) is 2.25. The zero-order chi connectivity index (χ0) is 13.0. The molecular formula is C13H15NO3S. The topological polar surface area (TPSA) is 51.5 Å². The average molecular weight is 265 g/mol. The molecule has 2 rings (SSSR count). The molecule has 0 aliphatic carbocycles.